The number of hydrogen-bond acceptors (Lipinski definition) is 5. The van der Waals surface area contributed by atoms with E-state index in [-0.39, 0.29) is 11.8 Å². The van der Waals surface area contributed by atoms with Gasteiger partial charge in [-0.05, 0) is 42.5 Å². The first kappa shape index (κ1) is 26.0. The van der Waals surface area contributed by atoms with Crippen LogP contribution < -0.4 is 5.32 Å². The van der Waals surface area contributed by atoms with Crippen LogP contribution in [-0.4, -0.2) is 75.4 Å². The summed E-state index contributed by atoms with van der Waals surface area (Å²) >= 11 is 1.69. The summed E-state index contributed by atoms with van der Waals surface area (Å²) in [6.45, 7) is 4.59. The molecule has 1 aliphatic rings. The van der Waals surface area contributed by atoms with E-state index in [0.29, 0.717) is 25.1 Å². The third-order valence-corrected chi connectivity index (χ3v) is 7.16. The standard InChI is InChI=1S/C28H35N5O2S/c1-36-20-13-25(30-27(34)24-11-6-3-7-12-24)28(35)32-16-8-15-31(18-19-32)22-26-29-14-17-33(26)21-23-9-4-2-5-10-23/h2-7,9-12,14,17,25H,8,13,15-16,18-22H2,1H3,(H,30,34). The lowest BCUT2D eigenvalue weighted by molar-refractivity contribution is -0.133. The Morgan fingerprint density at radius 2 is 1.72 bits per heavy atom. The molecule has 1 fully saturated rings. The van der Waals surface area contributed by atoms with Crippen LogP contribution in [0.15, 0.2) is 73.1 Å². The van der Waals surface area contributed by atoms with Gasteiger partial charge in [0.1, 0.15) is 11.9 Å². The molecule has 1 saturated heterocycles. The van der Waals surface area contributed by atoms with Crippen LogP contribution in [0.1, 0.15) is 34.6 Å². The average molecular weight is 506 g/mol. The Hall–Kier alpha value is -3.10. The Labute approximate surface area is 217 Å². The van der Waals surface area contributed by atoms with Gasteiger partial charge in [-0.1, -0.05) is 48.5 Å². The number of amides is 2. The van der Waals surface area contributed by atoms with Gasteiger partial charge in [0.05, 0.1) is 6.54 Å². The van der Waals surface area contributed by atoms with E-state index in [1.54, 1.807) is 23.9 Å². The summed E-state index contributed by atoms with van der Waals surface area (Å²) in [5, 5.41) is 2.99. The minimum atomic E-state index is -0.513. The molecule has 2 heterocycles. The molecular formula is C28H35N5O2S. The Bertz CT molecular complexity index is 1110. The fourth-order valence-electron chi connectivity index (χ4n) is 4.51. The monoisotopic (exact) mass is 505 g/mol. The molecule has 4 rings (SSSR count). The number of hydrogen-bond donors (Lipinski definition) is 1. The number of imidazole rings is 1. The van der Waals surface area contributed by atoms with Crippen molar-refractivity contribution >= 4 is 23.6 Å². The van der Waals surface area contributed by atoms with Crippen molar-refractivity contribution in [3.05, 3.63) is 90.0 Å². The molecule has 2 amide bonds. The normalized spacial score (nSPS) is 15.3. The summed E-state index contributed by atoms with van der Waals surface area (Å²) in [5.74, 6) is 1.67. The number of aromatic nitrogens is 2. The first-order valence-corrected chi connectivity index (χ1v) is 13.9. The molecule has 0 radical (unpaired) electrons. The van der Waals surface area contributed by atoms with Crippen molar-refractivity contribution < 1.29 is 9.59 Å². The van der Waals surface area contributed by atoms with Crippen molar-refractivity contribution in [3.8, 4) is 0 Å². The SMILES string of the molecule is CSCCC(NC(=O)c1ccccc1)C(=O)N1CCCN(Cc2nccn2Cc2ccccc2)CC1. The molecule has 0 bridgehead atoms. The zero-order chi connectivity index (χ0) is 25.2. The molecule has 8 heteroatoms. The first-order valence-electron chi connectivity index (χ1n) is 12.5. The van der Waals surface area contributed by atoms with Crippen molar-refractivity contribution in [2.75, 3.05) is 38.2 Å². The summed E-state index contributed by atoms with van der Waals surface area (Å²) in [7, 11) is 0. The lowest BCUT2D eigenvalue weighted by atomic mass is 10.1. The number of rotatable bonds is 10. The predicted octanol–water partition coefficient (Wildman–Crippen LogP) is 3.52. The van der Waals surface area contributed by atoms with Crippen LogP contribution in [0.25, 0.3) is 0 Å². The molecule has 0 spiro atoms. The second-order valence-corrected chi connectivity index (χ2v) is 10.1. The van der Waals surface area contributed by atoms with Crippen molar-refractivity contribution in [2.24, 2.45) is 0 Å². The zero-order valence-electron chi connectivity index (χ0n) is 20.9. The van der Waals surface area contributed by atoms with Gasteiger partial charge in [0, 0.05) is 50.7 Å². The fraction of sp³-hybridized carbons (Fsp3) is 0.393. The predicted molar refractivity (Wildman–Crippen MR) is 145 cm³/mol. The number of benzene rings is 2. The average Bonchev–Trinajstić information content (AvgIpc) is 3.20. The highest BCUT2D eigenvalue weighted by atomic mass is 32.2. The molecule has 1 aromatic heterocycles. The molecule has 3 aromatic rings. The van der Waals surface area contributed by atoms with Gasteiger partial charge < -0.3 is 14.8 Å². The Morgan fingerprint density at radius 1 is 0.972 bits per heavy atom. The van der Waals surface area contributed by atoms with Crippen molar-refractivity contribution in [2.45, 2.75) is 32.0 Å². The number of thioether (sulfide) groups is 1. The van der Waals surface area contributed by atoms with E-state index in [2.05, 4.69) is 44.0 Å². The van der Waals surface area contributed by atoms with E-state index in [1.165, 1.54) is 5.56 Å². The summed E-state index contributed by atoms with van der Waals surface area (Å²) in [5.41, 5.74) is 1.82. The van der Waals surface area contributed by atoms with Crippen LogP contribution in [0.3, 0.4) is 0 Å². The highest BCUT2D eigenvalue weighted by Gasteiger charge is 2.28. The number of nitrogens with one attached hydrogen (secondary N) is 1. The van der Waals surface area contributed by atoms with Crippen LogP contribution in [0.4, 0.5) is 0 Å². The van der Waals surface area contributed by atoms with Crippen LogP contribution in [0, 0.1) is 0 Å². The van der Waals surface area contributed by atoms with E-state index in [1.807, 2.05) is 47.8 Å². The van der Waals surface area contributed by atoms with E-state index >= 15 is 0 Å². The summed E-state index contributed by atoms with van der Waals surface area (Å²) in [6, 6.07) is 19.0. The Kier molecular flexibility index (Phi) is 9.58. The Balaban J connectivity index is 1.35. The quantitative estimate of drug-likeness (QED) is 0.457. The molecular weight excluding hydrogens is 470 g/mol. The lowest BCUT2D eigenvalue weighted by Crippen LogP contribution is -2.49. The highest BCUT2D eigenvalue weighted by Crippen LogP contribution is 2.13. The molecule has 7 nitrogen and oxygen atoms in total. The van der Waals surface area contributed by atoms with E-state index in [4.69, 9.17) is 0 Å². The third kappa shape index (κ3) is 7.21. The molecule has 190 valence electrons. The summed E-state index contributed by atoms with van der Waals surface area (Å²) in [6.07, 6.45) is 7.42. The molecule has 36 heavy (non-hydrogen) atoms. The van der Waals surface area contributed by atoms with Gasteiger partial charge >= 0.3 is 0 Å². The first-order chi connectivity index (χ1) is 17.6. The smallest absolute Gasteiger partial charge is 0.251 e. The van der Waals surface area contributed by atoms with Crippen LogP contribution >= 0.6 is 11.8 Å². The van der Waals surface area contributed by atoms with Gasteiger partial charge in [-0.2, -0.15) is 11.8 Å². The topological polar surface area (TPSA) is 70.5 Å². The number of nitrogens with zero attached hydrogens (tertiary/aromatic N) is 4. The van der Waals surface area contributed by atoms with Gasteiger partial charge in [-0.3, -0.25) is 14.5 Å². The molecule has 1 atom stereocenters. The van der Waals surface area contributed by atoms with E-state index in [0.717, 1.165) is 44.2 Å². The van der Waals surface area contributed by atoms with E-state index < -0.39 is 6.04 Å². The number of carbonyl (C=O) groups excluding carboxylic acids is 2. The van der Waals surface area contributed by atoms with Gasteiger partial charge in [-0.25, -0.2) is 4.98 Å². The van der Waals surface area contributed by atoms with Gasteiger partial charge in [0.2, 0.25) is 5.91 Å². The summed E-state index contributed by atoms with van der Waals surface area (Å²) < 4.78 is 2.20. The number of carbonyl (C=O) groups is 2. The molecule has 0 aliphatic carbocycles. The molecule has 0 saturated carbocycles. The van der Waals surface area contributed by atoms with Gasteiger partial charge in [0.15, 0.2) is 0 Å². The maximum atomic E-state index is 13.5. The largest absolute Gasteiger partial charge is 0.340 e. The van der Waals surface area contributed by atoms with Crippen molar-refractivity contribution in [3.63, 3.8) is 0 Å². The zero-order valence-corrected chi connectivity index (χ0v) is 21.7. The second kappa shape index (κ2) is 13.3. The fourth-order valence-corrected chi connectivity index (χ4v) is 4.98. The molecule has 1 N–H and O–H groups in total. The van der Waals surface area contributed by atoms with Crippen LogP contribution in [-0.2, 0) is 17.9 Å². The maximum absolute atomic E-state index is 13.5. The van der Waals surface area contributed by atoms with Crippen LogP contribution in [0.5, 0.6) is 0 Å². The van der Waals surface area contributed by atoms with E-state index in [9.17, 15) is 9.59 Å². The minimum Gasteiger partial charge on any atom is -0.340 e. The second-order valence-electron chi connectivity index (χ2n) is 9.09. The lowest BCUT2D eigenvalue weighted by Gasteiger charge is -2.27. The Morgan fingerprint density at radius 3 is 2.47 bits per heavy atom. The van der Waals surface area contributed by atoms with Crippen LogP contribution in [0.2, 0.25) is 0 Å². The minimum absolute atomic E-state index is 0.0146. The summed E-state index contributed by atoms with van der Waals surface area (Å²) in [4.78, 5) is 35.1. The van der Waals surface area contributed by atoms with Crippen molar-refractivity contribution in [1.29, 1.82) is 0 Å². The van der Waals surface area contributed by atoms with Gasteiger partial charge in [-0.15, -0.1) is 0 Å². The maximum Gasteiger partial charge on any atom is 0.251 e. The highest BCUT2D eigenvalue weighted by molar-refractivity contribution is 7.98. The van der Waals surface area contributed by atoms with Gasteiger partial charge in [0.25, 0.3) is 5.91 Å². The third-order valence-electron chi connectivity index (χ3n) is 6.51. The molecule has 2 aromatic carbocycles. The molecule has 1 unspecified atom stereocenters. The molecule has 1 aliphatic heterocycles. The van der Waals surface area contributed by atoms with Crippen molar-refractivity contribution in [1.82, 2.24) is 24.7 Å².